The number of furan rings is 3. The first-order valence-corrected chi connectivity index (χ1v) is 33.7. The maximum atomic E-state index is 15.3. The molecule has 6 aromatic heterocycles. The van der Waals surface area contributed by atoms with Crippen LogP contribution in [0.4, 0.5) is 13.2 Å². The van der Waals surface area contributed by atoms with Crippen LogP contribution in [0.15, 0.2) is 159 Å². The molecule has 6 aromatic carbocycles. The van der Waals surface area contributed by atoms with E-state index in [0.717, 1.165) is 85.0 Å². The predicted molar refractivity (Wildman–Crippen MR) is 360 cm³/mol. The zero-order valence-electron chi connectivity index (χ0n) is 52.7. The van der Waals surface area contributed by atoms with E-state index in [9.17, 15) is 0 Å². The third-order valence-corrected chi connectivity index (χ3v) is 20.1. The van der Waals surface area contributed by atoms with Crippen molar-refractivity contribution in [2.24, 2.45) is 17.8 Å². The monoisotopic (exact) mass is 1390 g/mol. The second-order valence-corrected chi connectivity index (χ2v) is 25.8. The summed E-state index contributed by atoms with van der Waals surface area (Å²) < 4.78 is 64.2. The summed E-state index contributed by atoms with van der Waals surface area (Å²) in [7, 11) is 0. The van der Waals surface area contributed by atoms with Gasteiger partial charge in [-0.3, -0.25) is 0 Å². The minimum atomic E-state index is -0.281. The van der Waals surface area contributed by atoms with Crippen molar-refractivity contribution in [3.63, 3.8) is 0 Å². The average Bonchev–Trinajstić information content (AvgIpc) is 1.75. The number of benzene rings is 6. The number of nitrogens with zero attached hydrogens (tertiary/aromatic N) is 3. The molecule has 0 amide bonds. The summed E-state index contributed by atoms with van der Waals surface area (Å²) in [5, 5.41) is 5.99. The molecule has 0 radical (unpaired) electrons. The van der Waals surface area contributed by atoms with E-state index in [2.05, 4.69) is 53.9 Å². The quantitative estimate of drug-likeness (QED) is 0.0952. The topological polar surface area (TPSA) is 78.1 Å². The molecule has 3 aliphatic rings. The second kappa shape index (κ2) is 29.5. The van der Waals surface area contributed by atoms with E-state index in [1.807, 2.05) is 128 Å². The summed E-state index contributed by atoms with van der Waals surface area (Å²) in [6, 6.07) is 49.7. The first kappa shape index (κ1) is 63.7. The molecule has 91 heavy (non-hydrogen) atoms. The molecule has 0 N–H and O–H groups in total. The van der Waals surface area contributed by atoms with Gasteiger partial charge in [-0.25, -0.2) is 13.2 Å². The van der Waals surface area contributed by atoms with Gasteiger partial charge in [0.2, 0.25) is 0 Å². The average molecular weight is 1390 g/mol. The number of para-hydroxylation sites is 3. The fourth-order valence-electron chi connectivity index (χ4n) is 15.5. The Hall–Kier alpha value is -7.39. The van der Waals surface area contributed by atoms with E-state index >= 15 is 13.2 Å². The smallest absolute Gasteiger partial charge is 0.501 e. The number of unbranched alkanes of at least 4 members (excludes halogenated alkanes) is 3. The van der Waals surface area contributed by atoms with Gasteiger partial charge < -0.3 is 28.2 Å². The molecule has 3 fully saturated rings. The molecular weight excluding hydrogens is 1310 g/mol. The van der Waals surface area contributed by atoms with Gasteiger partial charge in [0, 0.05) is 51.8 Å². The van der Waals surface area contributed by atoms with Crippen LogP contribution in [0.25, 0.3) is 99.6 Å². The van der Waals surface area contributed by atoms with Crippen molar-refractivity contribution in [1.82, 2.24) is 15.0 Å². The van der Waals surface area contributed by atoms with Crippen molar-refractivity contribution < 1.29 is 46.5 Å². The van der Waals surface area contributed by atoms with E-state index in [1.165, 1.54) is 116 Å². The predicted octanol–water partition coefficient (Wildman–Crippen LogP) is 24.2. The third kappa shape index (κ3) is 13.5. The molecule has 3 saturated carbocycles. The largest absolute Gasteiger partial charge is 3.00 e. The van der Waals surface area contributed by atoms with E-state index in [0.29, 0.717) is 86.0 Å². The van der Waals surface area contributed by atoms with Gasteiger partial charge >= 0.3 is 20.1 Å². The van der Waals surface area contributed by atoms with Crippen LogP contribution in [0.1, 0.15) is 190 Å². The molecule has 0 spiro atoms. The summed E-state index contributed by atoms with van der Waals surface area (Å²) in [5.41, 5.74) is 10.2. The maximum Gasteiger partial charge on any atom is 3.00 e. The maximum absolute atomic E-state index is 15.3. The van der Waals surface area contributed by atoms with Crippen molar-refractivity contribution in [3.05, 3.63) is 198 Å². The van der Waals surface area contributed by atoms with Crippen LogP contribution in [-0.4, -0.2) is 15.0 Å². The minimum Gasteiger partial charge on any atom is -0.501 e. The van der Waals surface area contributed by atoms with Crippen LogP contribution in [-0.2, 0) is 20.1 Å². The Morgan fingerprint density at radius 1 is 0.385 bits per heavy atom. The number of fused-ring (bicyclic) bond motifs is 9. The van der Waals surface area contributed by atoms with Gasteiger partial charge in [-0.05, 0) is 146 Å². The zero-order valence-corrected chi connectivity index (χ0v) is 55.1. The Kier molecular flexibility index (Phi) is 20.7. The third-order valence-electron chi connectivity index (χ3n) is 20.1. The molecule has 0 aliphatic heterocycles. The number of pyridine rings is 3. The number of hydrogen-bond acceptors (Lipinski definition) is 6. The van der Waals surface area contributed by atoms with Gasteiger partial charge in [0.1, 0.15) is 34.2 Å². The number of hydrogen-bond donors (Lipinski definition) is 0. The molecule has 468 valence electrons. The Morgan fingerprint density at radius 3 is 0.956 bits per heavy atom. The number of aromatic nitrogens is 3. The van der Waals surface area contributed by atoms with E-state index in [-0.39, 0.29) is 37.6 Å². The van der Waals surface area contributed by atoms with Crippen molar-refractivity contribution in [3.8, 4) is 33.8 Å². The van der Waals surface area contributed by atoms with Gasteiger partial charge in [-0.1, -0.05) is 185 Å². The van der Waals surface area contributed by atoms with Crippen LogP contribution in [0.2, 0.25) is 0 Å². The SMILES string of the molecule is CCCCC1CCCCC1c1cnc(-c2[c-]ccc3c2oc2ccccc23)c(F)c1.CCCCC1CCCCC1c1cnc(-c2[c-]ccc3c2oc2ccccc23)c(F)c1.CCCCC1CCCCC1c1cnc(-c2[c-]ccc3c2oc2ccccc23)c(F)c1.[Ir+3]. The van der Waals surface area contributed by atoms with E-state index in [1.54, 1.807) is 18.2 Å². The molecule has 3 aliphatic carbocycles. The number of rotatable bonds is 15. The van der Waals surface area contributed by atoms with Gasteiger partial charge in [0.15, 0.2) is 0 Å². The Bertz CT molecular complexity index is 3990. The van der Waals surface area contributed by atoms with Gasteiger partial charge in [0.25, 0.3) is 0 Å². The van der Waals surface area contributed by atoms with Crippen LogP contribution in [0.5, 0.6) is 0 Å². The Balaban J connectivity index is 0.000000131. The fraction of sp³-hybridized carbons (Fsp3) is 0.370. The summed E-state index contributed by atoms with van der Waals surface area (Å²) >= 11 is 0. The molecule has 15 rings (SSSR count). The summed E-state index contributed by atoms with van der Waals surface area (Å²) in [6.07, 6.45) is 31.5. The fourth-order valence-corrected chi connectivity index (χ4v) is 15.5. The van der Waals surface area contributed by atoms with E-state index < -0.39 is 0 Å². The summed E-state index contributed by atoms with van der Waals surface area (Å²) in [6.45, 7) is 6.72. The van der Waals surface area contributed by atoms with Crippen LogP contribution in [0.3, 0.4) is 0 Å². The summed E-state index contributed by atoms with van der Waals surface area (Å²) in [5.74, 6) is 2.37. The van der Waals surface area contributed by atoms with Crippen LogP contribution >= 0.6 is 0 Å². The Labute approximate surface area is 547 Å². The number of halogens is 3. The van der Waals surface area contributed by atoms with Crippen molar-refractivity contribution in [2.75, 3.05) is 0 Å². The first-order chi connectivity index (χ1) is 44.3. The van der Waals surface area contributed by atoms with Gasteiger partial charge in [-0.15, -0.1) is 54.6 Å². The normalized spacial score (nSPS) is 19.3. The molecule has 12 aromatic rings. The first-order valence-electron chi connectivity index (χ1n) is 33.7. The van der Waals surface area contributed by atoms with Gasteiger partial charge in [-0.2, -0.15) is 0 Å². The zero-order chi connectivity index (χ0) is 61.5. The van der Waals surface area contributed by atoms with Crippen LogP contribution < -0.4 is 0 Å². The standard InChI is InChI=1S/3C27H27FNO.Ir/c3*1-2-3-9-18-10-4-5-11-20(18)19-16-24(28)26(29-17-19)23-14-8-13-22-21-12-6-7-15-25(21)30-27(22)23;/h3*6-8,12-13,15-18,20H,2-5,9-11H2,1H3;/q3*-1;+3. The molecular formula is C81H81F3IrN3O3. The van der Waals surface area contributed by atoms with Crippen molar-refractivity contribution in [2.45, 2.75) is 173 Å². The van der Waals surface area contributed by atoms with Crippen molar-refractivity contribution in [1.29, 1.82) is 0 Å². The van der Waals surface area contributed by atoms with Gasteiger partial charge in [0.05, 0.1) is 16.7 Å². The Morgan fingerprint density at radius 2 is 0.670 bits per heavy atom. The summed E-state index contributed by atoms with van der Waals surface area (Å²) in [4.78, 5) is 13.8. The molecule has 6 nitrogen and oxygen atoms in total. The molecule has 6 heterocycles. The molecule has 0 bridgehead atoms. The van der Waals surface area contributed by atoms with E-state index in [4.69, 9.17) is 13.3 Å². The van der Waals surface area contributed by atoms with Crippen molar-refractivity contribution >= 4 is 65.8 Å². The molecule has 0 saturated heterocycles. The molecule has 6 atom stereocenters. The second-order valence-electron chi connectivity index (χ2n) is 25.8. The molecule has 6 unspecified atom stereocenters. The molecule has 10 heteroatoms. The van der Waals surface area contributed by atoms with Crippen LogP contribution in [0, 0.1) is 53.4 Å². The minimum absolute atomic E-state index is 0.